The molecule has 0 radical (unpaired) electrons. The molecule has 4 heteroatoms. The first-order chi connectivity index (χ1) is 21.2. The lowest BCUT2D eigenvalue weighted by molar-refractivity contribution is -0.123. The Kier molecular flexibility index (Phi) is 35.4. The SMILES string of the molecule is CCCCCCCCCCCCCCCCCCCCCCCCCCCCCCC(O)C(CO)NC(=O)CCCCC. The van der Waals surface area contributed by atoms with E-state index in [-0.39, 0.29) is 12.5 Å². The lowest BCUT2D eigenvalue weighted by Crippen LogP contribution is -2.45. The molecule has 258 valence electrons. The summed E-state index contributed by atoms with van der Waals surface area (Å²) >= 11 is 0. The fourth-order valence-electron chi connectivity index (χ4n) is 6.30. The van der Waals surface area contributed by atoms with Crippen molar-refractivity contribution >= 4 is 5.91 Å². The Labute approximate surface area is 270 Å². The van der Waals surface area contributed by atoms with E-state index < -0.39 is 12.1 Å². The van der Waals surface area contributed by atoms with E-state index in [1.165, 1.54) is 167 Å². The summed E-state index contributed by atoms with van der Waals surface area (Å²) in [4.78, 5) is 12.0. The highest BCUT2D eigenvalue weighted by molar-refractivity contribution is 5.76. The van der Waals surface area contributed by atoms with Crippen molar-refractivity contribution in [3.8, 4) is 0 Å². The lowest BCUT2D eigenvalue weighted by atomic mass is 10.0. The van der Waals surface area contributed by atoms with Crippen molar-refractivity contribution in [1.29, 1.82) is 0 Å². The average Bonchev–Trinajstić information content (AvgIpc) is 3.01. The molecule has 0 saturated heterocycles. The third-order valence-corrected chi connectivity index (χ3v) is 9.37. The first kappa shape index (κ1) is 42.4. The molecule has 0 aromatic rings. The molecule has 0 aromatic heterocycles. The Balaban J connectivity index is 3.28. The zero-order chi connectivity index (χ0) is 31.5. The minimum Gasteiger partial charge on any atom is -0.394 e. The maximum absolute atomic E-state index is 12.0. The van der Waals surface area contributed by atoms with Gasteiger partial charge in [0, 0.05) is 6.42 Å². The third kappa shape index (κ3) is 32.6. The number of amides is 1. The molecule has 2 unspecified atom stereocenters. The monoisotopic (exact) mass is 610 g/mol. The number of rotatable bonds is 36. The Bertz CT molecular complexity index is 541. The number of aliphatic hydroxyl groups excluding tert-OH is 2. The minimum atomic E-state index is -0.649. The van der Waals surface area contributed by atoms with Crippen LogP contribution in [-0.4, -0.2) is 34.9 Å². The molecule has 0 aromatic carbocycles. The molecular formula is C39H79NO3. The van der Waals surface area contributed by atoms with Crippen molar-refractivity contribution in [2.24, 2.45) is 0 Å². The van der Waals surface area contributed by atoms with Crippen LogP contribution < -0.4 is 5.32 Å². The summed E-state index contributed by atoms with van der Waals surface area (Å²) in [5.74, 6) is -0.0537. The Morgan fingerprint density at radius 2 is 0.744 bits per heavy atom. The summed E-state index contributed by atoms with van der Waals surface area (Å²) in [5, 5.41) is 22.7. The first-order valence-electron chi connectivity index (χ1n) is 19.7. The van der Waals surface area contributed by atoms with Crippen LogP contribution in [0.4, 0.5) is 0 Å². The highest BCUT2D eigenvalue weighted by atomic mass is 16.3. The Morgan fingerprint density at radius 1 is 0.465 bits per heavy atom. The van der Waals surface area contributed by atoms with Gasteiger partial charge in [-0.15, -0.1) is 0 Å². The molecule has 0 heterocycles. The fourth-order valence-corrected chi connectivity index (χ4v) is 6.30. The number of nitrogens with one attached hydrogen (secondary N) is 1. The molecule has 43 heavy (non-hydrogen) atoms. The molecule has 3 N–H and O–H groups in total. The van der Waals surface area contributed by atoms with Gasteiger partial charge in [0.15, 0.2) is 0 Å². The maximum atomic E-state index is 12.0. The van der Waals surface area contributed by atoms with Gasteiger partial charge in [0.2, 0.25) is 5.91 Å². The van der Waals surface area contributed by atoms with E-state index in [4.69, 9.17) is 0 Å². The molecular weight excluding hydrogens is 530 g/mol. The van der Waals surface area contributed by atoms with Gasteiger partial charge in [-0.05, 0) is 12.8 Å². The zero-order valence-electron chi connectivity index (χ0n) is 29.5. The quantitative estimate of drug-likeness (QED) is 0.0619. The predicted molar refractivity (Wildman–Crippen MR) is 189 cm³/mol. The van der Waals surface area contributed by atoms with Crippen molar-refractivity contribution in [3.63, 3.8) is 0 Å². The van der Waals surface area contributed by atoms with Crippen molar-refractivity contribution < 1.29 is 15.0 Å². The van der Waals surface area contributed by atoms with Crippen LogP contribution in [0.25, 0.3) is 0 Å². The number of hydrogen-bond donors (Lipinski definition) is 3. The number of hydrogen-bond acceptors (Lipinski definition) is 3. The summed E-state index contributed by atoms with van der Waals surface area (Å²) in [6.45, 7) is 4.22. The summed E-state index contributed by atoms with van der Waals surface area (Å²) in [7, 11) is 0. The van der Waals surface area contributed by atoms with Gasteiger partial charge >= 0.3 is 0 Å². The van der Waals surface area contributed by atoms with E-state index in [0.717, 1.165) is 32.1 Å². The van der Waals surface area contributed by atoms with E-state index >= 15 is 0 Å². The van der Waals surface area contributed by atoms with Gasteiger partial charge in [0.1, 0.15) is 0 Å². The largest absolute Gasteiger partial charge is 0.394 e. The molecule has 0 aliphatic rings. The minimum absolute atomic E-state index is 0.0537. The standard InChI is InChI=1S/C39H79NO3/c1-3-5-7-8-9-10-11-12-13-14-15-16-17-18-19-20-21-22-23-24-25-26-27-28-29-30-31-33-34-38(42)37(36-41)40-39(43)35-32-6-4-2/h37-38,41-42H,3-36H2,1-2H3,(H,40,43). The summed E-state index contributed by atoms with van der Waals surface area (Å²) < 4.78 is 0. The van der Waals surface area contributed by atoms with Gasteiger partial charge in [-0.25, -0.2) is 0 Å². The van der Waals surface area contributed by atoms with Crippen molar-refractivity contribution in [2.75, 3.05) is 6.61 Å². The van der Waals surface area contributed by atoms with Crippen LogP contribution >= 0.6 is 0 Å². The molecule has 0 rings (SSSR count). The second kappa shape index (κ2) is 35.9. The third-order valence-electron chi connectivity index (χ3n) is 9.37. The molecule has 0 aliphatic carbocycles. The van der Waals surface area contributed by atoms with Crippen LogP contribution in [0.2, 0.25) is 0 Å². The van der Waals surface area contributed by atoms with Gasteiger partial charge in [0.05, 0.1) is 18.8 Å². The zero-order valence-corrected chi connectivity index (χ0v) is 29.5. The summed E-state index contributed by atoms with van der Waals surface area (Å²) in [5.41, 5.74) is 0. The van der Waals surface area contributed by atoms with Crippen molar-refractivity contribution in [1.82, 2.24) is 5.32 Å². The van der Waals surface area contributed by atoms with Gasteiger partial charge in [-0.1, -0.05) is 206 Å². The van der Waals surface area contributed by atoms with Crippen LogP contribution in [-0.2, 0) is 4.79 Å². The molecule has 1 amide bonds. The van der Waals surface area contributed by atoms with Gasteiger partial charge < -0.3 is 15.5 Å². The Hall–Kier alpha value is -0.610. The van der Waals surface area contributed by atoms with E-state index in [1.54, 1.807) is 0 Å². The van der Waals surface area contributed by atoms with Crippen LogP contribution in [0.3, 0.4) is 0 Å². The average molecular weight is 610 g/mol. The highest BCUT2D eigenvalue weighted by Gasteiger charge is 2.19. The molecule has 0 aliphatic heterocycles. The predicted octanol–water partition coefficient (Wildman–Crippen LogP) is 11.7. The van der Waals surface area contributed by atoms with Crippen molar-refractivity contribution in [3.05, 3.63) is 0 Å². The molecule has 4 nitrogen and oxygen atoms in total. The maximum Gasteiger partial charge on any atom is 0.220 e. The van der Waals surface area contributed by atoms with Gasteiger partial charge in [-0.2, -0.15) is 0 Å². The van der Waals surface area contributed by atoms with E-state index in [1.807, 2.05) is 0 Å². The molecule has 2 atom stereocenters. The molecule has 0 spiro atoms. The topological polar surface area (TPSA) is 69.6 Å². The van der Waals surface area contributed by atoms with Gasteiger partial charge in [-0.3, -0.25) is 4.79 Å². The second-order valence-corrected chi connectivity index (χ2v) is 13.7. The van der Waals surface area contributed by atoms with Crippen LogP contribution in [0.15, 0.2) is 0 Å². The summed E-state index contributed by atoms with van der Waals surface area (Å²) in [6, 6.07) is -0.525. The second-order valence-electron chi connectivity index (χ2n) is 13.7. The smallest absolute Gasteiger partial charge is 0.220 e. The number of carbonyl (C=O) groups is 1. The van der Waals surface area contributed by atoms with E-state index in [9.17, 15) is 15.0 Å². The van der Waals surface area contributed by atoms with E-state index in [0.29, 0.717) is 12.8 Å². The van der Waals surface area contributed by atoms with Gasteiger partial charge in [0.25, 0.3) is 0 Å². The van der Waals surface area contributed by atoms with Crippen LogP contribution in [0.1, 0.15) is 226 Å². The Morgan fingerprint density at radius 3 is 1.05 bits per heavy atom. The number of carbonyl (C=O) groups excluding carboxylic acids is 1. The molecule has 0 fully saturated rings. The number of unbranched alkanes of at least 4 members (excludes halogenated alkanes) is 29. The lowest BCUT2D eigenvalue weighted by Gasteiger charge is -2.22. The van der Waals surface area contributed by atoms with E-state index in [2.05, 4.69) is 19.2 Å². The molecule has 0 bridgehead atoms. The first-order valence-corrected chi connectivity index (χ1v) is 19.7. The number of aliphatic hydroxyl groups is 2. The van der Waals surface area contributed by atoms with Crippen LogP contribution in [0, 0.1) is 0 Å². The van der Waals surface area contributed by atoms with Crippen molar-refractivity contribution in [2.45, 2.75) is 238 Å². The normalized spacial score (nSPS) is 12.9. The fraction of sp³-hybridized carbons (Fsp3) is 0.974. The molecule has 0 saturated carbocycles. The van der Waals surface area contributed by atoms with Crippen LogP contribution in [0.5, 0.6) is 0 Å². The highest BCUT2D eigenvalue weighted by Crippen LogP contribution is 2.17. The summed E-state index contributed by atoms with van der Waals surface area (Å²) in [6.07, 6.45) is 42.5.